The standard InChI is InChI=1S/C13H16ClN5/c1-3-8-7-9(4-2)19(18-8)13-11(14)10(12(15)16)5-6-17-13/h5-7H,3-4H2,1-2H3,(H3,15,16). The number of halogens is 1. The summed E-state index contributed by atoms with van der Waals surface area (Å²) in [5.41, 5.74) is 8.00. The van der Waals surface area contributed by atoms with Crippen LogP contribution in [-0.4, -0.2) is 20.6 Å². The highest BCUT2D eigenvalue weighted by Crippen LogP contribution is 2.23. The van der Waals surface area contributed by atoms with Gasteiger partial charge in [0.1, 0.15) is 5.84 Å². The smallest absolute Gasteiger partial charge is 0.173 e. The molecule has 0 unspecified atom stereocenters. The number of nitrogen functional groups attached to an aromatic ring is 1. The lowest BCUT2D eigenvalue weighted by atomic mass is 10.2. The van der Waals surface area contributed by atoms with E-state index in [0.29, 0.717) is 16.4 Å². The zero-order valence-electron chi connectivity index (χ0n) is 10.9. The lowest BCUT2D eigenvalue weighted by molar-refractivity contribution is 0.772. The molecule has 0 atom stereocenters. The van der Waals surface area contributed by atoms with Crippen LogP contribution in [0.1, 0.15) is 30.8 Å². The highest BCUT2D eigenvalue weighted by molar-refractivity contribution is 6.35. The van der Waals surface area contributed by atoms with E-state index in [4.69, 9.17) is 22.7 Å². The molecule has 6 heteroatoms. The van der Waals surface area contributed by atoms with Crippen LogP contribution in [0.2, 0.25) is 5.02 Å². The van der Waals surface area contributed by atoms with Crippen LogP contribution in [0.15, 0.2) is 18.3 Å². The predicted molar refractivity (Wildman–Crippen MR) is 76.1 cm³/mol. The van der Waals surface area contributed by atoms with E-state index in [1.165, 1.54) is 0 Å². The highest BCUT2D eigenvalue weighted by atomic mass is 35.5. The largest absolute Gasteiger partial charge is 0.384 e. The van der Waals surface area contributed by atoms with E-state index < -0.39 is 0 Å². The number of aromatic nitrogens is 3. The lowest BCUT2D eigenvalue weighted by Crippen LogP contribution is -2.14. The first-order valence-corrected chi connectivity index (χ1v) is 6.53. The summed E-state index contributed by atoms with van der Waals surface area (Å²) < 4.78 is 1.73. The summed E-state index contributed by atoms with van der Waals surface area (Å²) >= 11 is 6.28. The van der Waals surface area contributed by atoms with Gasteiger partial charge in [-0.1, -0.05) is 25.4 Å². The summed E-state index contributed by atoms with van der Waals surface area (Å²) in [4.78, 5) is 4.26. The molecule has 19 heavy (non-hydrogen) atoms. The molecule has 2 heterocycles. The molecule has 5 nitrogen and oxygen atoms in total. The molecular formula is C13H16ClN5. The zero-order valence-corrected chi connectivity index (χ0v) is 11.7. The van der Waals surface area contributed by atoms with Crippen LogP contribution in [0.4, 0.5) is 0 Å². The molecule has 0 radical (unpaired) electrons. The molecule has 0 saturated heterocycles. The van der Waals surface area contributed by atoms with Gasteiger partial charge in [-0.05, 0) is 25.0 Å². The van der Waals surface area contributed by atoms with Gasteiger partial charge in [0.25, 0.3) is 0 Å². The van der Waals surface area contributed by atoms with Gasteiger partial charge in [-0.3, -0.25) is 5.41 Å². The van der Waals surface area contributed by atoms with Gasteiger partial charge in [-0.15, -0.1) is 0 Å². The van der Waals surface area contributed by atoms with Crippen LogP contribution in [0, 0.1) is 5.41 Å². The van der Waals surface area contributed by atoms with Crippen LogP contribution in [0.5, 0.6) is 0 Å². The molecule has 3 N–H and O–H groups in total. The molecule has 0 amide bonds. The minimum Gasteiger partial charge on any atom is -0.384 e. The van der Waals surface area contributed by atoms with Crippen LogP contribution in [0.25, 0.3) is 5.82 Å². The van der Waals surface area contributed by atoms with E-state index in [1.807, 2.05) is 13.0 Å². The molecule has 0 aliphatic rings. The average Bonchev–Trinajstić information content (AvgIpc) is 2.81. The van der Waals surface area contributed by atoms with Crippen LogP contribution < -0.4 is 5.73 Å². The van der Waals surface area contributed by atoms with Crippen LogP contribution in [0.3, 0.4) is 0 Å². The number of hydrogen-bond donors (Lipinski definition) is 2. The van der Waals surface area contributed by atoms with Crippen molar-refractivity contribution in [2.75, 3.05) is 0 Å². The number of nitrogens with zero attached hydrogens (tertiary/aromatic N) is 3. The van der Waals surface area contributed by atoms with Gasteiger partial charge in [0, 0.05) is 17.5 Å². The quantitative estimate of drug-likeness (QED) is 0.665. The maximum Gasteiger partial charge on any atom is 0.173 e. The average molecular weight is 278 g/mol. The van der Waals surface area contributed by atoms with Crippen LogP contribution >= 0.6 is 11.6 Å². The summed E-state index contributed by atoms with van der Waals surface area (Å²) in [6, 6.07) is 3.67. The van der Waals surface area contributed by atoms with Gasteiger partial charge in [0.2, 0.25) is 0 Å². The summed E-state index contributed by atoms with van der Waals surface area (Å²) in [6.07, 6.45) is 3.27. The first kappa shape index (κ1) is 13.5. The molecule has 2 aromatic rings. The Balaban J connectivity index is 2.61. The first-order valence-electron chi connectivity index (χ1n) is 6.15. The Bertz CT molecular complexity index is 617. The topological polar surface area (TPSA) is 80.6 Å². The van der Waals surface area contributed by atoms with Crippen molar-refractivity contribution in [1.29, 1.82) is 5.41 Å². The van der Waals surface area contributed by atoms with Crippen molar-refractivity contribution in [3.05, 3.63) is 40.3 Å². The van der Waals surface area contributed by atoms with Crippen molar-refractivity contribution >= 4 is 17.4 Å². The van der Waals surface area contributed by atoms with Crippen molar-refractivity contribution in [2.45, 2.75) is 26.7 Å². The third-order valence-electron chi connectivity index (χ3n) is 2.92. The lowest BCUT2D eigenvalue weighted by Gasteiger charge is -2.09. The highest BCUT2D eigenvalue weighted by Gasteiger charge is 2.15. The second-order valence-corrected chi connectivity index (χ2v) is 4.53. The fourth-order valence-corrected chi connectivity index (χ4v) is 2.17. The molecular weight excluding hydrogens is 262 g/mol. The summed E-state index contributed by atoms with van der Waals surface area (Å²) in [6.45, 7) is 4.10. The number of pyridine rings is 1. The molecule has 0 aliphatic carbocycles. The van der Waals surface area contributed by atoms with Crippen LogP contribution in [-0.2, 0) is 12.8 Å². The second-order valence-electron chi connectivity index (χ2n) is 4.16. The van der Waals surface area contributed by atoms with E-state index in [2.05, 4.69) is 17.0 Å². The minimum atomic E-state index is -0.0745. The Kier molecular flexibility index (Phi) is 3.85. The predicted octanol–water partition coefficient (Wildman–Crippen LogP) is 2.33. The molecule has 2 rings (SSSR count). The zero-order chi connectivity index (χ0) is 14.0. The van der Waals surface area contributed by atoms with Gasteiger partial charge in [-0.25, -0.2) is 9.67 Å². The maximum absolute atomic E-state index is 7.51. The summed E-state index contributed by atoms with van der Waals surface area (Å²) in [7, 11) is 0. The van der Waals surface area contributed by atoms with Crippen molar-refractivity contribution in [3.8, 4) is 5.82 Å². The van der Waals surface area contributed by atoms with Gasteiger partial charge < -0.3 is 5.73 Å². The van der Waals surface area contributed by atoms with Crippen molar-refractivity contribution in [1.82, 2.24) is 14.8 Å². The SMILES string of the molecule is CCc1cc(CC)n(-c2nccc(C(=N)N)c2Cl)n1. The van der Waals surface area contributed by atoms with E-state index in [9.17, 15) is 0 Å². The molecule has 0 aromatic carbocycles. The maximum atomic E-state index is 7.51. The van der Waals surface area contributed by atoms with Gasteiger partial charge in [0.15, 0.2) is 5.82 Å². The normalized spacial score (nSPS) is 10.7. The van der Waals surface area contributed by atoms with E-state index in [0.717, 1.165) is 24.2 Å². The molecule has 0 spiro atoms. The Morgan fingerprint density at radius 2 is 2.16 bits per heavy atom. The summed E-state index contributed by atoms with van der Waals surface area (Å²) in [5, 5.41) is 12.4. The second kappa shape index (κ2) is 5.40. The number of aryl methyl sites for hydroxylation is 2. The number of rotatable bonds is 4. The number of nitrogens with two attached hydrogens (primary N) is 1. The Morgan fingerprint density at radius 1 is 1.42 bits per heavy atom. The minimum absolute atomic E-state index is 0.0745. The van der Waals surface area contributed by atoms with Crippen molar-refractivity contribution < 1.29 is 0 Å². The Labute approximate surface area is 116 Å². The molecule has 0 bridgehead atoms. The van der Waals surface area contributed by atoms with E-state index in [-0.39, 0.29) is 5.84 Å². The number of hydrogen-bond acceptors (Lipinski definition) is 3. The molecule has 0 saturated carbocycles. The first-order chi connectivity index (χ1) is 9.08. The Morgan fingerprint density at radius 3 is 2.74 bits per heavy atom. The van der Waals surface area contributed by atoms with E-state index in [1.54, 1.807) is 16.9 Å². The third-order valence-corrected chi connectivity index (χ3v) is 3.29. The van der Waals surface area contributed by atoms with E-state index >= 15 is 0 Å². The molecule has 0 aliphatic heterocycles. The monoisotopic (exact) mass is 277 g/mol. The fraction of sp³-hybridized carbons (Fsp3) is 0.308. The molecule has 0 fully saturated rings. The number of amidine groups is 1. The van der Waals surface area contributed by atoms with Gasteiger partial charge >= 0.3 is 0 Å². The molecule has 2 aromatic heterocycles. The Hall–Kier alpha value is -1.88. The van der Waals surface area contributed by atoms with Crippen molar-refractivity contribution in [2.24, 2.45) is 5.73 Å². The third kappa shape index (κ3) is 2.46. The van der Waals surface area contributed by atoms with Crippen molar-refractivity contribution in [3.63, 3.8) is 0 Å². The fourth-order valence-electron chi connectivity index (χ4n) is 1.87. The molecule has 100 valence electrons. The summed E-state index contributed by atoms with van der Waals surface area (Å²) in [5.74, 6) is 0.445. The van der Waals surface area contributed by atoms with Gasteiger partial charge in [-0.2, -0.15) is 5.10 Å². The number of nitrogens with one attached hydrogen (secondary N) is 1. The van der Waals surface area contributed by atoms with Gasteiger partial charge in [0.05, 0.1) is 10.7 Å².